The molecule has 116 valence electrons. The number of piperidine rings is 1. The van der Waals surface area contributed by atoms with Crippen LogP contribution in [0.15, 0.2) is 12.1 Å². The maximum absolute atomic E-state index is 13.5. The van der Waals surface area contributed by atoms with Crippen LogP contribution in [-0.4, -0.2) is 42.0 Å². The zero-order valence-corrected chi connectivity index (χ0v) is 12.2. The van der Waals surface area contributed by atoms with Crippen molar-refractivity contribution in [3.63, 3.8) is 0 Å². The molecule has 1 aromatic carbocycles. The number of hydrogen-bond donors (Lipinski definition) is 1. The number of carbonyl (C=O) groups excluding carboxylic acids is 4. The van der Waals surface area contributed by atoms with Gasteiger partial charge in [0.15, 0.2) is 6.29 Å². The Bertz CT molecular complexity index is 672. The molecule has 1 atom stereocenters. The van der Waals surface area contributed by atoms with Crippen molar-refractivity contribution in [2.24, 2.45) is 0 Å². The summed E-state index contributed by atoms with van der Waals surface area (Å²) in [7, 11) is 1.39. The maximum Gasteiger partial charge on any atom is 0.255 e. The van der Waals surface area contributed by atoms with Gasteiger partial charge in [0.05, 0.1) is 5.56 Å². The molecule has 0 aliphatic carbocycles. The van der Waals surface area contributed by atoms with Crippen LogP contribution in [0.2, 0.25) is 0 Å². The van der Waals surface area contributed by atoms with Gasteiger partial charge in [-0.15, -0.1) is 0 Å². The molecule has 1 aromatic rings. The Hall–Kier alpha value is -2.57. The van der Waals surface area contributed by atoms with Crippen LogP contribution in [0.4, 0.5) is 4.39 Å². The van der Waals surface area contributed by atoms with E-state index in [4.69, 9.17) is 0 Å². The van der Waals surface area contributed by atoms with Crippen molar-refractivity contribution in [3.05, 3.63) is 34.6 Å². The van der Waals surface area contributed by atoms with Gasteiger partial charge in [0.25, 0.3) is 5.91 Å². The molecule has 1 fully saturated rings. The first kappa shape index (κ1) is 15.8. The highest BCUT2D eigenvalue weighted by atomic mass is 19.1. The Balaban J connectivity index is 2.33. The molecule has 1 aliphatic heterocycles. The molecule has 1 heterocycles. The average molecular weight is 306 g/mol. The van der Waals surface area contributed by atoms with Gasteiger partial charge < -0.3 is 4.90 Å². The standard InChI is InChI=1S/C15H15FN2O4/c1-8-5-9(16)6-10(11(8)7-19)15(22)18(2)12-3-4-13(20)17-14(12)21/h5-7,12H,3-4H2,1-2H3,(H,17,20,21). The minimum atomic E-state index is -0.826. The van der Waals surface area contributed by atoms with Crippen LogP contribution in [0.3, 0.4) is 0 Å². The fraction of sp³-hybridized carbons (Fsp3) is 0.333. The van der Waals surface area contributed by atoms with E-state index < -0.39 is 29.6 Å². The number of aryl methyl sites for hydroxylation is 1. The van der Waals surface area contributed by atoms with Crippen LogP contribution in [0.1, 0.15) is 39.1 Å². The Labute approximate surface area is 126 Å². The molecule has 1 saturated heterocycles. The van der Waals surface area contributed by atoms with Crippen molar-refractivity contribution >= 4 is 24.0 Å². The van der Waals surface area contributed by atoms with Gasteiger partial charge in [0, 0.05) is 19.0 Å². The van der Waals surface area contributed by atoms with E-state index >= 15 is 0 Å². The molecule has 0 aromatic heterocycles. The first-order valence-electron chi connectivity index (χ1n) is 6.71. The summed E-state index contributed by atoms with van der Waals surface area (Å²) < 4.78 is 13.5. The number of nitrogens with zero attached hydrogens (tertiary/aromatic N) is 1. The second-order valence-corrected chi connectivity index (χ2v) is 5.18. The number of imide groups is 1. The Morgan fingerprint density at radius 1 is 1.41 bits per heavy atom. The highest BCUT2D eigenvalue weighted by molar-refractivity contribution is 6.06. The summed E-state index contributed by atoms with van der Waals surface area (Å²) in [6.45, 7) is 1.52. The number of nitrogens with one attached hydrogen (secondary N) is 1. The van der Waals surface area contributed by atoms with Gasteiger partial charge in [0.1, 0.15) is 11.9 Å². The van der Waals surface area contributed by atoms with E-state index in [-0.39, 0.29) is 24.0 Å². The van der Waals surface area contributed by atoms with E-state index in [1.54, 1.807) is 0 Å². The van der Waals surface area contributed by atoms with Crippen LogP contribution in [0.5, 0.6) is 0 Å². The number of amides is 3. The highest BCUT2D eigenvalue weighted by Crippen LogP contribution is 2.19. The number of aldehydes is 1. The van der Waals surface area contributed by atoms with Crippen molar-refractivity contribution in [2.45, 2.75) is 25.8 Å². The van der Waals surface area contributed by atoms with E-state index in [0.29, 0.717) is 11.8 Å². The lowest BCUT2D eigenvalue weighted by Crippen LogP contribution is -2.53. The molecule has 1 aliphatic rings. The van der Waals surface area contributed by atoms with Crippen LogP contribution in [0.25, 0.3) is 0 Å². The fourth-order valence-corrected chi connectivity index (χ4v) is 2.47. The normalized spacial score (nSPS) is 17.9. The van der Waals surface area contributed by atoms with Gasteiger partial charge in [0.2, 0.25) is 11.8 Å². The van der Waals surface area contributed by atoms with Crippen molar-refractivity contribution in [1.29, 1.82) is 0 Å². The largest absolute Gasteiger partial charge is 0.330 e. The van der Waals surface area contributed by atoms with Crippen LogP contribution >= 0.6 is 0 Å². The van der Waals surface area contributed by atoms with Gasteiger partial charge in [-0.1, -0.05) is 0 Å². The highest BCUT2D eigenvalue weighted by Gasteiger charge is 2.33. The SMILES string of the molecule is Cc1cc(F)cc(C(=O)N(C)C2CCC(=O)NC2=O)c1C=O. The number of rotatable bonds is 3. The first-order chi connectivity index (χ1) is 10.3. The first-order valence-corrected chi connectivity index (χ1v) is 6.71. The molecule has 0 saturated carbocycles. The Morgan fingerprint density at radius 2 is 2.09 bits per heavy atom. The second kappa shape index (κ2) is 6.05. The third kappa shape index (κ3) is 2.88. The van der Waals surface area contributed by atoms with E-state index in [2.05, 4.69) is 5.32 Å². The molecule has 0 radical (unpaired) electrons. The number of halogens is 1. The zero-order chi connectivity index (χ0) is 16.4. The lowest BCUT2D eigenvalue weighted by atomic mass is 9.99. The molecule has 6 nitrogen and oxygen atoms in total. The summed E-state index contributed by atoms with van der Waals surface area (Å²) in [5, 5.41) is 2.15. The minimum absolute atomic E-state index is 0.0885. The summed E-state index contributed by atoms with van der Waals surface area (Å²) in [5.41, 5.74) is 0.334. The molecule has 2 rings (SSSR count). The molecule has 0 bridgehead atoms. The number of hydrogen-bond acceptors (Lipinski definition) is 4. The van der Waals surface area contributed by atoms with Crippen molar-refractivity contribution < 1.29 is 23.6 Å². The van der Waals surface area contributed by atoms with Gasteiger partial charge in [-0.3, -0.25) is 24.5 Å². The number of carbonyl (C=O) groups is 4. The average Bonchev–Trinajstić information content (AvgIpc) is 2.45. The lowest BCUT2D eigenvalue weighted by molar-refractivity contribution is -0.136. The number of likely N-dealkylation sites (N-methyl/N-ethyl adjacent to an activating group) is 1. The Morgan fingerprint density at radius 3 is 2.68 bits per heavy atom. The third-order valence-corrected chi connectivity index (χ3v) is 3.70. The van der Waals surface area contributed by atoms with E-state index in [1.165, 1.54) is 14.0 Å². The summed E-state index contributed by atoms with van der Waals surface area (Å²) in [5.74, 6) is -2.24. The molecule has 3 amide bonds. The molecule has 22 heavy (non-hydrogen) atoms. The lowest BCUT2D eigenvalue weighted by Gasteiger charge is -2.30. The van der Waals surface area contributed by atoms with Crippen molar-refractivity contribution in [1.82, 2.24) is 10.2 Å². The Kier molecular flexibility index (Phi) is 4.35. The van der Waals surface area contributed by atoms with Crippen LogP contribution in [-0.2, 0) is 9.59 Å². The second-order valence-electron chi connectivity index (χ2n) is 5.18. The molecule has 1 N–H and O–H groups in total. The molecule has 7 heteroatoms. The minimum Gasteiger partial charge on any atom is -0.330 e. The van der Waals surface area contributed by atoms with E-state index in [0.717, 1.165) is 17.0 Å². The zero-order valence-electron chi connectivity index (χ0n) is 12.2. The summed E-state index contributed by atoms with van der Waals surface area (Å²) in [6.07, 6.45) is 0.800. The predicted molar refractivity (Wildman–Crippen MR) is 74.8 cm³/mol. The van der Waals surface area contributed by atoms with Crippen LogP contribution in [0, 0.1) is 12.7 Å². The van der Waals surface area contributed by atoms with E-state index in [1.807, 2.05) is 0 Å². The van der Waals surface area contributed by atoms with Gasteiger partial charge in [-0.2, -0.15) is 0 Å². The van der Waals surface area contributed by atoms with E-state index in [9.17, 15) is 23.6 Å². The monoisotopic (exact) mass is 306 g/mol. The van der Waals surface area contributed by atoms with Crippen LogP contribution < -0.4 is 5.32 Å². The van der Waals surface area contributed by atoms with Crippen molar-refractivity contribution in [2.75, 3.05) is 7.05 Å². The summed E-state index contributed by atoms with van der Waals surface area (Å²) in [6, 6.07) is 1.31. The van der Waals surface area contributed by atoms with Gasteiger partial charge >= 0.3 is 0 Å². The smallest absolute Gasteiger partial charge is 0.255 e. The quantitative estimate of drug-likeness (QED) is 0.662. The fourth-order valence-electron chi connectivity index (χ4n) is 2.47. The molecular formula is C15H15FN2O4. The summed E-state index contributed by atoms with van der Waals surface area (Å²) >= 11 is 0. The predicted octanol–water partition coefficient (Wildman–Crippen LogP) is 0.824. The van der Waals surface area contributed by atoms with Crippen molar-refractivity contribution in [3.8, 4) is 0 Å². The molecule has 1 unspecified atom stereocenters. The molecule has 0 spiro atoms. The number of benzene rings is 1. The maximum atomic E-state index is 13.5. The summed E-state index contributed by atoms with van der Waals surface area (Å²) in [4.78, 5) is 47.7. The topological polar surface area (TPSA) is 83.6 Å². The molecular weight excluding hydrogens is 291 g/mol. The van der Waals surface area contributed by atoms with Gasteiger partial charge in [-0.25, -0.2) is 4.39 Å². The third-order valence-electron chi connectivity index (χ3n) is 3.70. The van der Waals surface area contributed by atoms with Gasteiger partial charge in [-0.05, 0) is 31.0 Å².